The highest BCUT2D eigenvalue weighted by atomic mass is 16.6. The summed E-state index contributed by atoms with van der Waals surface area (Å²) in [5, 5.41) is 23.1. The number of benzene rings is 2. The number of nitrogens with zero attached hydrogens (tertiary/aromatic N) is 1. The maximum absolute atomic E-state index is 12.2. The summed E-state index contributed by atoms with van der Waals surface area (Å²) < 4.78 is 4.92. The first-order chi connectivity index (χ1) is 12.7. The molecule has 1 amide bonds. The number of anilines is 1. The van der Waals surface area contributed by atoms with Crippen LogP contribution < -0.4 is 5.32 Å². The number of nitro groups is 1. The monoisotopic (exact) mass is 372 g/mol. The summed E-state index contributed by atoms with van der Waals surface area (Å²) in [7, 11) is 0. The fraction of sp³-hybridized carbons (Fsp3) is 0.167. The number of hydrogen-bond donors (Lipinski definition) is 2. The lowest BCUT2D eigenvalue weighted by Crippen LogP contribution is -2.16. The summed E-state index contributed by atoms with van der Waals surface area (Å²) in [4.78, 5) is 45.9. The van der Waals surface area contributed by atoms with E-state index in [9.17, 15) is 29.6 Å². The number of amides is 1. The fourth-order valence-electron chi connectivity index (χ4n) is 2.36. The first-order valence-corrected chi connectivity index (χ1v) is 7.75. The number of Topliss-reactive ketones (excluding diaryl/α,β-unsaturated/α-hetero) is 1. The van der Waals surface area contributed by atoms with E-state index in [-0.39, 0.29) is 22.6 Å². The summed E-state index contributed by atoms with van der Waals surface area (Å²) in [5.41, 5.74) is -0.165. The molecule has 2 aromatic rings. The highest BCUT2D eigenvalue weighted by Gasteiger charge is 2.24. The average molecular weight is 372 g/mol. The Morgan fingerprint density at radius 3 is 2.56 bits per heavy atom. The van der Waals surface area contributed by atoms with E-state index in [0.29, 0.717) is 5.56 Å². The van der Waals surface area contributed by atoms with E-state index in [1.807, 2.05) is 0 Å². The predicted octanol–water partition coefficient (Wildman–Crippen LogP) is 2.61. The smallest absolute Gasteiger partial charge is 0.345 e. The molecular formula is C18H16N2O7. The molecule has 2 N–H and O–H groups in total. The molecule has 9 heteroatoms. The van der Waals surface area contributed by atoms with Gasteiger partial charge in [-0.3, -0.25) is 19.7 Å². The molecule has 0 saturated heterocycles. The number of hydrogen-bond acceptors (Lipinski definition) is 7. The van der Waals surface area contributed by atoms with Crippen LogP contribution in [0.1, 0.15) is 33.2 Å². The van der Waals surface area contributed by atoms with Gasteiger partial charge in [0.25, 0.3) is 5.69 Å². The number of phenolic OH excluding ortho intramolecular Hbond substituents is 1. The lowest BCUT2D eigenvalue weighted by atomic mass is 10.1. The van der Waals surface area contributed by atoms with Crippen LogP contribution in [0.5, 0.6) is 5.75 Å². The normalized spacial score (nSPS) is 10.1. The number of aryl methyl sites for hydroxylation is 1. The second kappa shape index (κ2) is 8.09. The quantitative estimate of drug-likeness (QED) is 0.261. The minimum atomic E-state index is -0.992. The Kier molecular flexibility index (Phi) is 5.86. The van der Waals surface area contributed by atoms with Crippen molar-refractivity contribution in [3.63, 3.8) is 0 Å². The summed E-state index contributed by atoms with van der Waals surface area (Å²) >= 11 is 0. The van der Waals surface area contributed by atoms with Gasteiger partial charge in [-0.05, 0) is 30.7 Å². The molecule has 0 aliphatic heterocycles. The predicted molar refractivity (Wildman–Crippen MR) is 94.9 cm³/mol. The highest BCUT2D eigenvalue weighted by molar-refractivity contribution is 6.02. The van der Waals surface area contributed by atoms with Gasteiger partial charge in [-0.1, -0.05) is 12.1 Å². The number of ether oxygens (including phenoxy) is 1. The Bertz CT molecular complexity index is 937. The standard InChI is InChI=1S/C18H16N2O7/c1-10-4-3-5-14(20(25)26)17(10)18(24)27-9-16(23)12-6-7-15(22)13(8-12)19-11(2)21/h3-8,22H,9H2,1-2H3,(H,19,21). The van der Waals surface area contributed by atoms with Crippen molar-refractivity contribution < 1.29 is 29.2 Å². The molecule has 0 aromatic heterocycles. The van der Waals surface area contributed by atoms with Gasteiger partial charge in [-0.15, -0.1) is 0 Å². The molecule has 140 valence electrons. The zero-order valence-corrected chi connectivity index (χ0v) is 14.5. The van der Waals surface area contributed by atoms with E-state index in [1.165, 1.54) is 50.2 Å². The molecule has 0 bridgehead atoms. The van der Waals surface area contributed by atoms with Crippen molar-refractivity contribution in [1.29, 1.82) is 0 Å². The van der Waals surface area contributed by atoms with E-state index in [4.69, 9.17) is 4.74 Å². The molecule has 0 aliphatic rings. The molecule has 27 heavy (non-hydrogen) atoms. The number of carbonyl (C=O) groups excluding carboxylic acids is 3. The Labute approximate surface area is 153 Å². The van der Waals surface area contributed by atoms with E-state index in [0.717, 1.165) is 0 Å². The van der Waals surface area contributed by atoms with Gasteiger partial charge in [0.15, 0.2) is 12.4 Å². The van der Waals surface area contributed by atoms with Gasteiger partial charge in [0.1, 0.15) is 11.3 Å². The zero-order valence-electron chi connectivity index (χ0n) is 14.5. The summed E-state index contributed by atoms with van der Waals surface area (Å²) in [6.45, 7) is 2.10. The largest absolute Gasteiger partial charge is 0.506 e. The number of aromatic hydroxyl groups is 1. The number of nitro benzene ring substituents is 1. The van der Waals surface area contributed by atoms with Crippen LogP contribution in [0.2, 0.25) is 0 Å². The number of esters is 1. The number of nitrogens with one attached hydrogen (secondary N) is 1. The van der Waals surface area contributed by atoms with Crippen molar-refractivity contribution in [2.45, 2.75) is 13.8 Å². The van der Waals surface area contributed by atoms with Crippen molar-refractivity contribution in [3.8, 4) is 5.75 Å². The van der Waals surface area contributed by atoms with Gasteiger partial charge in [-0.2, -0.15) is 0 Å². The second-order valence-electron chi connectivity index (χ2n) is 5.64. The summed E-state index contributed by atoms with van der Waals surface area (Å²) in [6.07, 6.45) is 0. The number of rotatable bonds is 6. The van der Waals surface area contributed by atoms with Crippen LogP contribution in [0.4, 0.5) is 11.4 Å². The Balaban J connectivity index is 2.16. The van der Waals surface area contributed by atoms with Gasteiger partial charge < -0.3 is 15.2 Å². The van der Waals surface area contributed by atoms with Crippen molar-refractivity contribution in [2.75, 3.05) is 11.9 Å². The molecule has 0 spiro atoms. The fourth-order valence-corrected chi connectivity index (χ4v) is 2.36. The van der Waals surface area contributed by atoms with Gasteiger partial charge in [-0.25, -0.2) is 4.79 Å². The van der Waals surface area contributed by atoms with E-state index in [2.05, 4.69) is 5.32 Å². The first-order valence-electron chi connectivity index (χ1n) is 7.75. The van der Waals surface area contributed by atoms with Gasteiger partial charge in [0, 0.05) is 18.6 Å². The Hall–Kier alpha value is -3.75. The minimum Gasteiger partial charge on any atom is -0.506 e. The lowest BCUT2D eigenvalue weighted by molar-refractivity contribution is -0.385. The second-order valence-corrected chi connectivity index (χ2v) is 5.64. The van der Waals surface area contributed by atoms with Gasteiger partial charge in [0.2, 0.25) is 5.91 Å². The topological polar surface area (TPSA) is 136 Å². The average Bonchev–Trinajstić information content (AvgIpc) is 2.60. The SMILES string of the molecule is CC(=O)Nc1cc(C(=O)COC(=O)c2c(C)cccc2[N+](=O)[O-])ccc1O. The molecule has 0 saturated carbocycles. The van der Waals surface area contributed by atoms with E-state index < -0.39 is 34.9 Å². The molecule has 0 atom stereocenters. The van der Waals surface area contributed by atoms with Crippen LogP contribution >= 0.6 is 0 Å². The number of ketones is 1. The summed E-state index contributed by atoms with van der Waals surface area (Å²) in [6, 6.07) is 7.88. The van der Waals surface area contributed by atoms with Crippen LogP contribution in [0.25, 0.3) is 0 Å². The van der Waals surface area contributed by atoms with Gasteiger partial charge in [0.05, 0.1) is 10.6 Å². The highest BCUT2D eigenvalue weighted by Crippen LogP contribution is 2.25. The first kappa shape index (κ1) is 19.6. The molecule has 2 aromatic carbocycles. The minimum absolute atomic E-state index is 0.0363. The van der Waals surface area contributed by atoms with Crippen LogP contribution in [-0.2, 0) is 9.53 Å². The number of carbonyl (C=O) groups is 3. The Morgan fingerprint density at radius 1 is 1.22 bits per heavy atom. The molecule has 9 nitrogen and oxygen atoms in total. The summed E-state index contributed by atoms with van der Waals surface area (Å²) in [5.74, 6) is -2.26. The molecule has 0 aliphatic carbocycles. The maximum Gasteiger partial charge on any atom is 0.345 e. The van der Waals surface area contributed by atoms with E-state index >= 15 is 0 Å². The van der Waals surface area contributed by atoms with Crippen LogP contribution in [0.3, 0.4) is 0 Å². The third kappa shape index (κ3) is 4.66. The third-order valence-corrected chi connectivity index (χ3v) is 3.62. The van der Waals surface area contributed by atoms with Crippen molar-refractivity contribution >= 4 is 29.0 Å². The Morgan fingerprint density at radius 2 is 1.93 bits per heavy atom. The van der Waals surface area contributed by atoms with Crippen LogP contribution in [0.15, 0.2) is 36.4 Å². The molecule has 0 radical (unpaired) electrons. The van der Waals surface area contributed by atoms with Crippen molar-refractivity contribution in [2.24, 2.45) is 0 Å². The molecule has 0 heterocycles. The van der Waals surface area contributed by atoms with E-state index in [1.54, 1.807) is 0 Å². The van der Waals surface area contributed by atoms with Crippen LogP contribution in [0, 0.1) is 17.0 Å². The lowest BCUT2D eigenvalue weighted by Gasteiger charge is -2.09. The van der Waals surface area contributed by atoms with Crippen molar-refractivity contribution in [3.05, 3.63) is 63.2 Å². The number of phenols is 1. The maximum atomic E-state index is 12.2. The molecule has 0 fully saturated rings. The van der Waals surface area contributed by atoms with Gasteiger partial charge >= 0.3 is 5.97 Å². The van der Waals surface area contributed by atoms with Crippen LogP contribution in [-0.4, -0.2) is 34.3 Å². The molecule has 0 unspecified atom stereocenters. The van der Waals surface area contributed by atoms with Crippen molar-refractivity contribution in [1.82, 2.24) is 0 Å². The zero-order chi connectivity index (χ0) is 20.1. The molecular weight excluding hydrogens is 356 g/mol. The third-order valence-electron chi connectivity index (χ3n) is 3.62. The molecule has 2 rings (SSSR count).